The number of carboxylic acid groups (broad SMARTS) is 3. The first-order valence-corrected chi connectivity index (χ1v) is 14.8. The van der Waals surface area contributed by atoms with Crippen molar-refractivity contribution in [1.82, 2.24) is 10.6 Å². The molecule has 44 heavy (non-hydrogen) atoms. The topological polar surface area (TPSA) is 222 Å². The molecule has 2 unspecified atom stereocenters. The van der Waals surface area contributed by atoms with Gasteiger partial charge in [-0.25, -0.2) is 14.4 Å². The maximum absolute atomic E-state index is 12.4. The minimum absolute atomic E-state index is 0.0127. The quantitative estimate of drug-likeness (QED) is 0.0698. The van der Waals surface area contributed by atoms with Crippen molar-refractivity contribution in [2.24, 2.45) is 5.73 Å². The van der Waals surface area contributed by atoms with E-state index >= 15 is 0 Å². The molecule has 0 heterocycles. The molecule has 0 aliphatic carbocycles. The van der Waals surface area contributed by atoms with Crippen LogP contribution in [0.25, 0.3) is 0 Å². The van der Waals surface area contributed by atoms with Crippen LogP contribution in [0.3, 0.4) is 0 Å². The number of nitrogens with two attached hydrogens (primary N) is 1. The summed E-state index contributed by atoms with van der Waals surface area (Å²) in [5.74, 6) is -6.73. The summed E-state index contributed by atoms with van der Waals surface area (Å²) >= 11 is 0. The summed E-state index contributed by atoms with van der Waals surface area (Å²) in [6, 6.07) is -3.32. The van der Waals surface area contributed by atoms with Gasteiger partial charge in [0.15, 0.2) is 0 Å². The zero-order valence-electron chi connectivity index (χ0n) is 25.5. The van der Waals surface area contributed by atoms with Gasteiger partial charge in [-0.2, -0.15) is 13.2 Å². The van der Waals surface area contributed by atoms with Crippen molar-refractivity contribution in [2.75, 3.05) is 6.61 Å². The maximum atomic E-state index is 12.4. The van der Waals surface area contributed by atoms with Crippen LogP contribution in [-0.4, -0.2) is 81.9 Å². The first-order chi connectivity index (χ1) is 20.6. The van der Waals surface area contributed by atoms with Crippen LogP contribution < -0.4 is 16.4 Å². The Morgan fingerprint density at radius 3 is 1.61 bits per heavy atom. The van der Waals surface area contributed by atoms with Crippen LogP contribution in [0.4, 0.5) is 13.2 Å². The number of amides is 2. The molecule has 0 aliphatic rings. The second-order valence-electron chi connectivity index (χ2n) is 10.1. The molecule has 0 saturated carbocycles. The molecule has 0 rings (SSSR count). The van der Waals surface area contributed by atoms with Crippen molar-refractivity contribution in [3.8, 4) is 0 Å². The predicted molar refractivity (Wildman–Crippen MR) is 152 cm³/mol. The normalized spacial score (nSPS) is 13.0. The van der Waals surface area contributed by atoms with E-state index in [0.29, 0.717) is 6.42 Å². The SMILES string of the molecule is CCCCCCCCCCCC(=O)N[C@H](CCC(=O)NC(CCCC(N)C(=O)O)C(=O)O)C(=O)OCC.O=C(O)C(F)(F)F. The number of ether oxygens (including phenoxy) is 1. The number of unbranched alkanes of at least 4 members (excludes halogenated alkanes) is 8. The maximum Gasteiger partial charge on any atom is 0.490 e. The molecule has 13 nitrogen and oxygen atoms in total. The van der Waals surface area contributed by atoms with E-state index in [0.717, 1.165) is 19.3 Å². The number of hydrogen-bond donors (Lipinski definition) is 6. The lowest BCUT2D eigenvalue weighted by molar-refractivity contribution is -0.192. The van der Waals surface area contributed by atoms with Gasteiger partial charge in [-0.05, 0) is 39.0 Å². The molecule has 0 aromatic rings. The van der Waals surface area contributed by atoms with Crippen molar-refractivity contribution < 1.29 is 62.0 Å². The Bertz CT molecular complexity index is 887. The number of carbonyl (C=O) groups excluding carboxylic acids is 3. The first kappa shape index (κ1) is 42.7. The standard InChI is InChI=1S/C26H47N3O8.C2HF3O2/c1-3-5-6-7-8-9-10-11-12-16-22(30)29-21(26(36)37-4-2)17-18-23(31)28-20(25(34)35)15-13-14-19(27)24(32)33;3-2(4,5)1(6)7/h19-21H,3-18,27H2,1-2H3,(H,28,31)(H,29,30)(H,32,33)(H,34,35);(H,6,7)/t19?,20?,21-;/m1./s1. The van der Waals surface area contributed by atoms with Crippen molar-refractivity contribution in [1.29, 1.82) is 0 Å². The Labute approximate surface area is 255 Å². The Morgan fingerprint density at radius 2 is 1.16 bits per heavy atom. The summed E-state index contributed by atoms with van der Waals surface area (Å²) < 4.78 is 36.7. The fraction of sp³-hybridized carbons (Fsp3) is 0.786. The highest BCUT2D eigenvalue weighted by molar-refractivity contribution is 5.86. The summed E-state index contributed by atoms with van der Waals surface area (Å²) in [6.45, 7) is 3.95. The largest absolute Gasteiger partial charge is 0.490 e. The van der Waals surface area contributed by atoms with Gasteiger partial charge in [-0.1, -0.05) is 58.3 Å². The molecular weight excluding hydrogens is 595 g/mol. The third kappa shape index (κ3) is 24.1. The monoisotopic (exact) mass is 643 g/mol. The van der Waals surface area contributed by atoms with E-state index in [-0.39, 0.29) is 51.0 Å². The Hall–Kier alpha value is -3.43. The van der Waals surface area contributed by atoms with E-state index in [4.69, 9.17) is 25.5 Å². The number of halogens is 3. The summed E-state index contributed by atoms with van der Waals surface area (Å²) in [6.07, 6.45) is 5.32. The van der Waals surface area contributed by atoms with Gasteiger partial charge in [-0.15, -0.1) is 0 Å². The second kappa shape index (κ2) is 25.0. The lowest BCUT2D eigenvalue weighted by atomic mass is 10.0. The van der Waals surface area contributed by atoms with Gasteiger partial charge in [0.2, 0.25) is 11.8 Å². The molecule has 0 bridgehead atoms. The van der Waals surface area contributed by atoms with Gasteiger partial charge in [0.1, 0.15) is 18.1 Å². The molecule has 0 aromatic heterocycles. The Kier molecular flexibility index (Phi) is 24.2. The fourth-order valence-corrected chi connectivity index (χ4v) is 3.82. The molecule has 16 heteroatoms. The first-order valence-electron chi connectivity index (χ1n) is 14.8. The van der Waals surface area contributed by atoms with E-state index in [1.807, 2.05) is 0 Å². The van der Waals surface area contributed by atoms with Gasteiger partial charge in [-0.3, -0.25) is 14.4 Å². The zero-order chi connectivity index (χ0) is 34.1. The number of hydrogen-bond acceptors (Lipinski definition) is 8. The molecule has 0 aliphatic heterocycles. The van der Waals surface area contributed by atoms with Crippen LogP contribution in [-0.2, 0) is 33.5 Å². The molecular formula is C28H48F3N3O10. The van der Waals surface area contributed by atoms with E-state index in [1.54, 1.807) is 6.92 Å². The average molecular weight is 644 g/mol. The predicted octanol–water partition coefficient (Wildman–Crippen LogP) is 3.52. The number of carbonyl (C=O) groups is 6. The summed E-state index contributed by atoms with van der Waals surface area (Å²) in [5, 5.41) is 30.3. The van der Waals surface area contributed by atoms with E-state index in [9.17, 15) is 42.3 Å². The molecule has 0 saturated heterocycles. The Balaban J connectivity index is 0. The summed E-state index contributed by atoms with van der Waals surface area (Å²) in [7, 11) is 0. The van der Waals surface area contributed by atoms with Crippen molar-refractivity contribution >= 4 is 35.7 Å². The molecule has 0 fully saturated rings. The molecule has 3 atom stereocenters. The van der Waals surface area contributed by atoms with E-state index in [2.05, 4.69) is 17.6 Å². The minimum atomic E-state index is -5.08. The van der Waals surface area contributed by atoms with Gasteiger partial charge in [0.05, 0.1) is 6.61 Å². The van der Waals surface area contributed by atoms with Crippen LogP contribution in [0, 0.1) is 0 Å². The molecule has 0 spiro atoms. The molecule has 0 aromatic carbocycles. The third-order valence-corrected chi connectivity index (χ3v) is 6.27. The zero-order valence-corrected chi connectivity index (χ0v) is 25.5. The number of esters is 1. The number of nitrogens with one attached hydrogen (secondary N) is 2. The number of rotatable bonds is 23. The van der Waals surface area contributed by atoms with Crippen LogP contribution >= 0.6 is 0 Å². The fourth-order valence-electron chi connectivity index (χ4n) is 3.82. The van der Waals surface area contributed by atoms with Crippen LogP contribution in [0.5, 0.6) is 0 Å². The Morgan fingerprint density at radius 1 is 0.682 bits per heavy atom. The average Bonchev–Trinajstić information content (AvgIpc) is 2.93. The van der Waals surface area contributed by atoms with Gasteiger partial charge >= 0.3 is 30.1 Å². The van der Waals surface area contributed by atoms with Crippen molar-refractivity contribution in [3.63, 3.8) is 0 Å². The van der Waals surface area contributed by atoms with Gasteiger partial charge in [0.25, 0.3) is 0 Å². The minimum Gasteiger partial charge on any atom is -0.480 e. The highest BCUT2D eigenvalue weighted by Crippen LogP contribution is 2.13. The third-order valence-electron chi connectivity index (χ3n) is 6.27. The molecule has 2 amide bonds. The molecule has 0 radical (unpaired) electrons. The highest BCUT2D eigenvalue weighted by atomic mass is 19.4. The molecule has 256 valence electrons. The number of alkyl halides is 3. The van der Waals surface area contributed by atoms with E-state index < -0.39 is 54.1 Å². The van der Waals surface area contributed by atoms with Crippen molar-refractivity contribution in [2.45, 2.75) is 134 Å². The summed E-state index contributed by atoms with van der Waals surface area (Å²) in [4.78, 5) is 68.1. The van der Waals surface area contributed by atoms with Crippen LogP contribution in [0.1, 0.15) is 110 Å². The van der Waals surface area contributed by atoms with Crippen LogP contribution in [0.2, 0.25) is 0 Å². The van der Waals surface area contributed by atoms with Crippen LogP contribution in [0.15, 0.2) is 0 Å². The number of aliphatic carboxylic acids is 3. The lowest BCUT2D eigenvalue weighted by Gasteiger charge is -2.19. The smallest absolute Gasteiger partial charge is 0.480 e. The second-order valence-corrected chi connectivity index (χ2v) is 10.1. The summed E-state index contributed by atoms with van der Waals surface area (Å²) in [5.41, 5.74) is 5.41. The van der Waals surface area contributed by atoms with Crippen molar-refractivity contribution in [3.05, 3.63) is 0 Å². The highest BCUT2D eigenvalue weighted by Gasteiger charge is 2.38. The lowest BCUT2D eigenvalue weighted by Crippen LogP contribution is -2.44. The number of carboxylic acids is 3. The van der Waals surface area contributed by atoms with Gasteiger partial charge in [0, 0.05) is 12.8 Å². The van der Waals surface area contributed by atoms with Gasteiger partial charge < -0.3 is 36.4 Å². The van der Waals surface area contributed by atoms with E-state index in [1.165, 1.54) is 32.1 Å². The molecule has 7 N–H and O–H groups in total.